The lowest BCUT2D eigenvalue weighted by molar-refractivity contribution is 0.788. The Labute approximate surface area is 75.2 Å². The summed E-state index contributed by atoms with van der Waals surface area (Å²) in [7, 11) is 1.90. The van der Waals surface area contributed by atoms with Crippen LogP contribution in [0.1, 0.15) is 6.92 Å². The van der Waals surface area contributed by atoms with Crippen LogP contribution >= 0.6 is 24.0 Å². The molecule has 0 fully saturated rings. The van der Waals surface area contributed by atoms with Gasteiger partial charge in [-0.15, -0.1) is 10.2 Å². The lowest BCUT2D eigenvalue weighted by Crippen LogP contribution is -1.98. The van der Waals surface area contributed by atoms with Crippen LogP contribution in [0.15, 0.2) is 11.5 Å². The van der Waals surface area contributed by atoms with Crippen molar-refractivity contribution in [3.05, 3.63) is 6.33 Å². The molecule has 0 amide bonds. The predicted molar refractivity (Wildman–Crippen MR) is 48.9 cm³/mol. The van der Waals surface area contributed by atoms with Gasteiger partial charge in [-0.2, -0.15) is 0 Å². The average Bonchev–Trinajstić information content (AvgIpc) is 2.37. The highest BCUT2D eigenvalue weighted by atomic mass is 32.2. The molecule has 0 saturated heterocycles. The van der Waals surface area contributed by atoms with E-state index in [-0.39, 0.29) is 5.25 Å². The third-order valence-corrected chi connectivity index (χ3v) is 2.67. The van der Waals surface area contributed by atoms with Gasteiger partial charge < -0.3 is 4.57 Å². The first kappa shape index (κ1) is 8.67. The fourth-order valence-corrected chi connectivity index (χ4v) is 1.38. The van der Waals surface area contributed by atoms with Gasteiger partial charge in [0.05, 0.1) is 0 Å². The first-order valence-corrected chi connectivity index (χ1v) is 4.41. The topological polar surface area (TPSA) is 30.7 Å². The van der Waals surface area contributed by atoms with Gasteiger partial charge in [0.25, 0.3) is 0 Å². The number of hydrogen-bond donors (Lipinski definition) is 0. The Kier molecular flexibility index (Phi) is 3.02. The number of nitrogens with zero attached hydrogens (tertiary/aromatic N) is 3. The summed E-state index contributed by atoms with van der Waals surface area (Å²) < 4.78 is 1.86. The van der Waals surface area contributed by atoms with E-state index in [4.69, 9.17) is 0 Å². The molecule has 1 unspecified atom stereocenters. The number of hydrogen-bond acceptors (Lipinski definition) is 4. The first-order valence-electron chi connectivity index (χ1n) is 3.12. The standard InChI is InChI=1S/C6H8N3S2/c1-5(3-10)11-6-8-7-4-9(6)2/h4-5H,1-2H3. The molecule has 0 bridgehead atoms. The molecule has 1 aromatic heterocycles. The molecule has 1 atom stereocenters. The van der Waals surface area contributed by atoms with Crippen LogP contribution in [-0.4, -0.2) is 25.4 Å². The molecule has 5 heteroatoms. The second-order valence-electron chi connectivity index (χ2n) is 2.10. The smallest absolute Gasteiger partial charge is 0.191 e. The van der Waals surface area contributed by atoms with Crippen molar-refractivity contribution in [1.29, 1.82) is 0 Å². The highest BCUT2D eigenvalue weighted by Crippen LogP contribution is 2.17. The molecular weight excluding hydrogens is 178 g/mol. The first-order chi connectivity index (χ1) is 5.24. The molecule has 0 N–H and O–H groups in total. The van der Waals surface area contributed by atoms with E-state index in [0.717, 1.165) is 5.16 Å². The van der Waals surface area contributed by atoms with Gasteiger partial charge in [-0.1, -0.05) is 24.0 Å². The van der Waals surface area contributed by atoms with E-state index in [1.807, 2.05) is 18.5 Å². The van der Waals surface area contributed by atoms with Gasteiger partial charge in [0.1, 0.15) is 6.33 Å². The second-order valence-corrected chi connectivity index (χ2v) is 3.65. The highest BCUT2D eigenvalue weighted by Gasteiger charge is 2.05. The minimum Gasteiger partial charge on any atom is -0.312 e. The fraction of sp³-hybridized carbons (Fsp3) is 0.500. The Morgan fingerprint density at radius 1 is 1.82 bits per heavy atom. The predicted octanol–water partition coefficient (Wildman–Crippen LogP) is 1.17. The maximum absolute atomic E-state index is 4.66. The molecule has 11 heavy (non-hydrogen) atoms. The lowest BCUT2D eigenvalue weighted by Gasteiger charge is -2.01. The Bertz CT molecular complexity index is 246. The molecule has 0 spiro atoms. The molecule has 0 saturated carbocycles. The fourth-order valence-electron chi connectivity index (χ4n) is 0.561. The molecule has 1 aromatic rings. The van der Waals surface area contributed by atoms with Crippen molar-refractivity contribution in [2.24, 2.45) is 7.05 Å². The average molecular weight is 186 g/mol. The summed E-state index contributed by atoms with van der Waals surface area (Å²) in [5.41, 5.74) is 0. The van der Waals surface area contributed by atoms with Crippen molar-refractivity contribution in [1.82, 2.24) is 14.8 Å². The summed E-state index contributed by atoms with van der Waals surface area (Å²) in [6.45, 7) is 1.98. The van der Waals surface area contributed by atoms with E-state index in [0.29, 0.717) is 0 Å². The highest BCUT2D eigenvalue weighted by molar-refractivity contribution is 8.01. The summed E-state index contributed by atoms with van der Waals surface area (Å²) in [6.07, 6.45) is 1.67. The maximum atomic E-state index is 4.66. The molecule has 1 heterocycles. The summed E-state index contributed by atoms with van der Waals surface area (Å²) in [5.74, 6) is 0. The Balaban J connectivity index is 2.63. The van der Waals surface area contributed by atoms with Crippen LogP contribution in [0.4, 0.5) is 0 Å². The Morgan fingerprint density at radius 3 is 3.00 bits per heavy atom. The number of thioether (sulfide) groups is 1. The number of rotatable bonds is 3. The lowest BCUT2D eigenvalue weighted by atomic mass is 10.6. The van der Waals surface area contributed by atoms with Gasteiger partial charge in [-0.05, 0) is 6.92 Å². The summed E-state index contributed by atoms with van der Waals surface area (Å²) in [4.78, 5) is 0. The summed E-state index contributed by atoms with van der Waals surface area (Å²) >= 11 is 6.21. The molecule has 1 radical (unpaired) electrons. The van der Waals surface area contributed by atoms with Gasteiger partial charge in [0.15, 0.2) is 5.16 Å². The van der Waals surface area contributed by atoms with Gasteiger partial charge in [0.2, 0.25) is 0 Å². The number of thiocarbonyl (C=S) groups is 1. The van der Waals surface area contributed by atoms with Crippen molar-refractivity contribution in [2.75, 3.05) is 0 Å². The zero-order valence-electron chi connectivity index (χ0n) is 6.31. The van der Waals surface area contributed by atoms with E-state index in [9.17, 15) is 0 Å². The normalized spacial score (nSPS) is 12.9. The SMILES string of the molecule is CC([C]=S)Sc1nncn1C. The second kappa shape index (κ2) is 3.82. The van der Waals surface area contributed by atoms with Crippen LogP contribution in [-0.2, 0) is 7.05 Å². The van der Waals surface area contributed by atoms with E-state index in [1.165, 1.54) is 0 Å². The molecule has 0 aromatic carbocycles. The molecule has 1 rings (SSSR count). The third-order valence-electron chi connectivity index (χ3n) is 1.12. The zero-order chi connectivity index (χ0) is 8.27. The maximum Gasteiger partial charge on any atom is 0.191 e. The molecule has 3 nitrogen and oxygen atoms in total. The van der Waals surface area contributed by atoms with Crippen molar-refractivity contribution in [2.45, 2.75) is 17.3 Å². The zero-order valence-corrected chi connectivity index (χ0v) is 7.95. The Morgan fingerprint density at radius 2 is 2.55 bits per heavy atom. The van der Waals surface area contributed by atoms with Crippen molar-refractivity contribution >= 4 is 29.3 Å². The van der Waals surface area contributed by atoms with Crippen molar-refractivity contribution < 1.29 is 0 Å². The quantitative estimate of drug-likeness (QED) is 0.524. The van der Waals surface area contributed by atoms with Gasteiger partial charge in [-0.25, -0.2) is 0 Å². The van der Waals surface area contributed by atoms with Crippen LogP contribution in [0, 0.1) is 0 Å². The van der Waals surface area contributed by atoms with Gasteiger partial charge in [0, 0.05) is 17.7 Å². The molecule has 0 aliphatic heterocycles. The van der Waals surface area contributed by atoms with Crippen LogP contribution < -0.4 is 0 Å². The minimum absolute atomic E-state index is 0.188. The molecular formula is C6H8N3S2. The van der Waals surface area contributed by atoms with Gasteiger partial charge in [-0.3, -0.25) is 0 Å². The van der Waals surface area contributed by atoms with E-state index < -0.39 is 0 Å². The van der Waals surface area contributed by atoms with Gasteiger partial charge >= 0.3 is 0 Å². The van der Waals surface area contributed by atoms with Crippen LogP contribution in [0.2, 0.25) is 0 Å². The number of aromatic nitrogens is 3. The third kappa shape index (κ3) is 2.27. The summed E-state index contributed by atoms with van der Waals surface area (Å²) in [6, 6.07) is 0. The summed E-state index contributed by atoms with van der Waals surface area (Å²) in [5, 5.41) is 11.4. The monoisotopic (exact) mass is 186 g/mol. The molecule has 0 aliphatic carbocycles. The number of aryl methyl sites for hydroxylation is 1. The van der Waals surface area contributed by atoms with Crippen molar-refractivity contribution in [3.8, 4) is 0 Å². The minimum atomic E-state index is 0.188. The van der Waals surface area contributed by atoms with Crippen LogP contribution in [0.25, 0.3) is 0 Å². The Hall–Kier alpha value is -0.420. The van der Waals surface area contributed by atoms with Crippen LogP contribution in [0.3, 0.4) is 0 Å². The van der Waals surface area contributed by atoms with Crippen LogP contribution in [0.5, 0.6) is 0 Å². The van der Waals surface area contributed by atoms with Crippen molar-refractivity contribution in [3.63, 3.8) is 0 Å². The van der Waals surface area contributed by atoms with E-state index in [1.54, 1.807) is 18.1 Å². The largest absolute Gasteiger partial charge is 0.312 e. The molecule has 59 valence electrons. The van der Waals surface area contributed by atoms with E-state index >= 15 is 0 Å². The molecule has 0 aliphatic rings. The van der Waals surface area contributed by atoms with E-state index in [2.05, 4.69) is 27.8 Å².